The van der Waals surface area contributed by atoms with Crippen LogP contribution in [0, 0.1) is 12.3 Å². The molecule has 43 heavy (non-hydrogen) atoms. The first-order valence-electron chi connectivity index (χ1n) is 13.7. The number of carbonyl (C=O) groups excluding carboxylic acids is 1. The monoisotopic (exact) mass is 624 g/mol. The molecule has 0 N–H and O–H groups in total. The summed E-state index contributed by atoms with van der Waals surface area (Å²) in [6, 6.07) is 7.91. The molecule has 0 unspecified atom stereocenters. The predicted octanol–water partition coefficient (Wildman–Crippen LogP) is 4.66. The van der Waals surface area contributed by atoms with Crippen molar-refractivity contribution in [2.24, 2.45) is 4.99 Å². The highest BCUT2D eigenvalue weighted by Gasteiger charge is 2.34. The van der Waals surface area contributed by atoms with E-state index >= 15 is 0 Å². The van der Waals surface area contributed by atoms with Crippen LogP contribution in [0.1, 0.15) is 51.8 Å². The Morgan fingerprint density at radius 1 is 1.16 bits per heavy atom. The first-order chi connectivity index (χ1) is 20.6. The van der Waals surface area contributed by atoms with Crippen LogP contribution < -0.4 is 33.8 Å². The van der Waals surface area contributed by atoms with Gasteiger partial charge >= 0.3 is 5.97 Å². The van der Waals surface area contributed by atoms with Gasteiger partial charge in [0.15, 0.2) is 27.8 Å². The molecule has 1 aromatic heterocycles. The molecule has 11 heteroatoms. The van der Waals surface area contributed by atoms with Crippen LogP contribution in [0.3, 0.4) is 0 Å². The molecular weight excluding hydrogens is 592 g/mol. The second-order valence-corrected chi connectivity index (χ2v) is 11.1. The Hall–Kier alpha value is -4.20. The number of hydrogen-bond acceptors (Lipinski definition) is 9. The molecule has 9 nitrogen and oxygen atoms in total. The Morgan fingerprint density at radius 2 is 1.93 bits per heavy atom. The van der Waals surface area contributed by atoms with Crippen molar-refractivity contribution in [2.75, 3.05) is 26.9 Å². The van der Waals surface area contributed by atoms with Crippen molar-refractivity contribution >= 4 is 35.0 Å². The van der Waals surface area contributed by atoms with Crippen LogP contribution in [-0.4, -0.2) is 43.6 Å². The summed E-state index contributed by atoms with van der Waals surface area (Å²) in [7, 11) is 1.54. The molecule has 2 heterocycles. The van der Waals surface area contributed by atoms with Gasteiger partial charge in [0.2, 0.25) is 0 Å². The summed E-state index contributed by atoms with van der Waals surface area (Å²) in [5, 5.41) is 0.286. The Balaban J connectivity index is 1.92. The lowest BCUT2D eigenvalue weighted by Crippen LogP contribution is -2.40. The number of terminal acetylenes is 1. The number of ether oxygens (including phenoxy) is 5. The van der Waals surface area contributed by atoms with Gasteiger partial charge < -0.3 is 23.7 Å². The van der Waals surface area contributed by atoms with Crippen LogP contribution in [0.4, 0.5) is 0 Å². The smallest absolute Gasteiger partial charge is 0.338 e. The van der Waals surface area contributed by atoms with Crippen LogP contribution in [0.25, 0.3) is 6.08 Å². The van der Waals surface area contributed by atoms with Crippen molar-refractivity contribution in [2.45, 2.75) is 46.8 Å². The Labute approximate surface area is 259 Å². The topological polar surface area (TPSA) is 97.6 Å². The third kappa shape index (κ3) is 6.74. The minimum absolute atomic E-state index is 0.0231. The van der Waals surface area contributed by atoms with E-state index in [1.165, 1.54) is 23.0 Å². The zero-order chi connectivity index (χ0) is 31.3. The number of benzene rings is 2. The normalized spacial score (nSPS) is 14.6. The van der Waals surface area contributed by atoms with Crippen LogP contribution in [0.15, 0.2) is 51.4 Å². The van der Waals surface area contributed by atoms with E-state index in [0.717, 1.165) is 0 Å². The van der Waals surface area contributed by atoms with Crippen LogP contribution in [-0.2, 0) is 9.53 Å². The molecule has 0 aliphatic carbocycles. The number of rotatable bonds is 11. The van der Waals surface area contributed by atoms with E-state index in [-0.39, 0.29) is 35.5 Å². The molecule has 226 valence electrons. The molecule has 1 aliphatic rings. The van der Waals surface area contributed by atoms with E-state index in [9.17, 15) is 9.59 Å². The third-order valence-electron chi connectivity index (χ3n) is 6.31. The van der Waals surface area contributed by atoms with Gasteiger partial charge in [-0.3, -0.25) is 9.36 Å². The fourth-order valence-corrected chi connectivity index (χ4v) is 5.97. The summed E-state index contributed by atoms with van der Waals surface area (Å²) in [4.78, 5) is 32.4. The van der Waals surface area contributed by atoms with Crippen molar-refractivity contribution in [3.63, 3.8) is 0 Å². The molecule has 0 amide bonds. The molecule has 3 aromatic rings. The number of halogens is 1. The van der Waals surface area contributed by atoms with Gasteiger partial charge in [-0.05, 0) is 76.1 Å². The van der Waals surface area contributed by atoms with Crippen LogP contribution in [0.5, 0.6) is 23.0 Å². The maximum atomic E-state index is 14.0. The highest BCUT2D eigenvalue weighted by atomic mass is 35.5. The SMILES string of the molecule is C#CCOc1c(Cl)cc(/C=c2\sc3n(c2=O)[C@@H](c2ccc(OC(C)C)c(OC)c2)C(C(=O)OCC)=C(C)N=3)cc1OCC. The number of esters is 1. The molecular formula is C32H33ClN2O7S. The van der Waals surface area contributed by atoms with Crippen LogP contribution in [0.2, 0.25) is 5.02 Å². The first-order valence-corrected chi connectivity index (χ1v) is 14.9. The van der Waals surface area contributed by atoms with E-state index in [2.05, 4.69) is 10.9 Å². The summed E-state index contributed by atoms with van der Waals surface area (Å²) < 4.78 is 30.1. The number of fused-ring (bicyclic) bond motifs is 1. The summed E-state index contributed by atoms with van der Waals surface area (Å²) in [6.07, 6.45) is 6.96. The summed E-state index contributed by atoms with van der Waals surface area (Å²) in [5.41, 5.74) is 1.62. The standard InChI is InChI=1S/C32H33ClN2O7S/c1-8-13-41-29-22(33)14-20(15-25(29)39-9-2)16-26-30(36)35-28(21-11-12-23(42-18(4)5)24(17-21)38-7)27(31(37)40-10-3)19(6)34-32(35)43-26/h1,11-12,14-18,28H,9-10,13H2,2-7H3/b26-16-/t28-/m0/s1. The molecule has 0 bridgehead atoms. The van der Waals surface area contributed by atoms with Gasteiger partial charge in [-0.25, -0.2) is 9.79 Å². The van der Waals surface area contributed by atoms with Crippen LogP contribution >= 0.6 is 22.9 Å². The van der Waals surface area contributed by atoms with Gasteiger partial charge in [-0.2, -0.15) is 0 Å². The zero-order valence-electron chi connectivity index (χ0n) is 24.9. The largest absolute Gasteiger partial charge is 0.493 e. The minimum Gasteiger partial charge on any atom is -0.493 e. The fraction of sp³-hybridized carbons (Fsp3) is 0.344. The minimum atomic E-state index is -0.818. The number of methoxy groups -OCH3 is 1. The number of thiazole rings is 1. The molecule has 2 aromatic carbocycles. The molecule has 4 rings (SSSR count). The molecule has 0 radical (unpaired) electrons. The number of hydrogen-bond donors (Lipinski definition) is 0. The van der Waals surface area contributed by atoms with Crippen molar-refractivity contribution < 1.29 is 28.5 Å². The maximum Gasteiger partial charge on any atom is 0.338 e. The highest BCUT2D eigenvalue weighted by Crippen LogP contribution is 2.38. The number of nitrogens with zero attached hydrogens (tertiary/aromatic N) is 2. The van der Waals surface area contributed by atoms with Crippen molar-refractivity contribution in [1.82, 2.24) is 4.57 Å². The van der Waals surface area contributed by atoms with Gasteiger partial charge in [0, 0.05) is 0 Å². The van der Waals surface area contributed by atoms with E-state index in [0.29, 0.717) is 55.8 Å². The molecule has 0 spiro atoms. The molecule has 1 aliphatic heterocycles. The van der Waals surface area contributed by atoms with Gasteiger partial charge in [0.1, 0.15) is 6.61 Å². The summed E-state index contributed by atoms with van der Waals surface area (Å²) >= 11 is 7.71. The van der Waals surface area contributed by atoms with E-state index in [4.69, 9.17) is 41.7 Å². The third-order valence-corrected chi connectivity index (χ3v) is 7.58. The second-order valence-electron chi connectivity index (χ2n) is 9.63. The Bertz CT molecular complexity index is 1780. The second kappa shape index (κ2) is 13.8. The quantitative estimate of drug-likeness (QED) is 0.226. The zero-order valence-corrected chi connectivity index (χ0v) is 26.4. The van der Waals surface area contributed by atoms with Gasteiger partial charge in [0.05, 0.1) is 53.3 Å². The van der Waals surface area contributed by atoms with E-state index < -0.39 is 12.0 Å². The lowest BCUT2D eigenvalue weighted by molar-refractivity contribution is -0.139. The fourth-order valence-electron chi connectivity index (χ4n) is 4.65. The average molecular weight is 625 g/mol. The molecule has 0 fully saturated rings. The van der Waals surface area contributed by atoms with E-state index in [1.807, 2.05) is 26.8 Å². The number of aromatic nitrogens is 1. The summed E-state index contributed by atoms with van der Waals surface area (Å²) in [5.74, 6) is 3.60. The lowest BCUT2D eigenvalue weighted by Gasteiger charge is -2.25. The van der Waals surface area contributed by atoms with Gasteiger partial charge in [0.25, 0.3) is 5.56 Å². The average Bonchev–Trinajstić information content (AvgIpc) is 3.26. The first kappa shape index (κ1) is 31.7. The lowest BCUT2D eigenvalue weighted by atomic mass is 9.95. The molecule has 0 saturated carbocycles. The van der Waals surface area contributed by atoms with Gasteiger partial charge in [-0.15, -0.1) is 6.42 Å². The predicted molar refractivity (Wildman–Crippen MR) is 166 cm³/mol. The Kier molecular flexibility index (Phi) is 10.2. The van der Waals surface area contributed by atoms with Crippen molar-refractivity contribution in [1.29, 1.82) is 0 Å². The van der Waals surface area contributed by atoms with Crippen molar-refractivity contribution in [3.8, 4) is 35.3 Å². The molecule has 0 saturated heterocycles. The maximum absolute atomic E-state index is 14.0. The summed E-state index contributed by atoms with van der Waals surface area (Å²) in [6.45, 7) is 9.68. The molecule has 1 atom stereocenters. The van der Waals surface area contributed by atoms with E-state index in [1.54, 1.807) is 44.2 Å². The number of allylic oxidation sites excluding steroid dienone is 1. The Morgan fingerprint density at radius 3 is 2.58 bits per heavy atom. The van der Waals surface area contributed by atoms with Gasteiger partial charge in [-0.1, -0.05) is 34.9 Å². The highest BCUT2D eigenvalue weighted by molar-refractivity contribution is 7.07. The number of carbonyl (C=O) groups is 1. The van der Waals surface area contributed by atoms with Crippen molar-refractivity contribution in [3.05, 3.63) is 77.4 Å².